The van der Waals surface area contributed by atoms with Gasteiger partial charge in [-0.15, -0.1) is 0 Å². The smallest absolute Gasteiger partial charge is 0.0134 e. The van der Waals surface area contributed by atoms with Gasteiger partial charge in [0.1, 0.15) is 0 Å². The highest BCUT2D eigenvalue weighted by Gasteiger charge is 2.03. The molecule has 13 heavy (non-hydrogen) atoms. The minimum Gasteiger partial charge on any atom is -0.330 e. The third-order valence-electron chi connectivity index (χ3n) is 2.32. The Kier molecular flexibility index (Phi) is 9.49. The lowest BCUT2D eigenvalue weighted by Gasteiger charge is -2.14. The van der Waals surface area contributed by atoms with Crippen LogP contribution in [0.25, 0.3) is 0 Å². The SMILES string of the molecule is CC=CCNCC(CC)CCCN. The topological polar surface area (TPSA) is 38.0 Å². The van der Waals surface area contributed by atoms with Crippen LogP contribution in [0.3, 0.4) is 0 Å². The highest BCUT2D eigenvalue weighted by atomic mass is 14.8. The molecule has 0 aromatic rings. The summed E-state index contributed by atoms with van der Waals surface area (Å²) in [7, 11) is 0. The van der Waals surface area contributed by atoms with Crippen LogP contribution in [0.2, 0.25) is 0 Å². The predicted molar refractivity (Wildman–Crippen MR) is 59.8 cm³/mol. The van der Waals surface area contributed by atoms with Crippen molar-refractivity contribution in [3.05, 3.63) is 12.2 Å². The first kappa shape index (κ1) is 12.7. The van der Waals surface area contributed by atoms with Crippen molar-refractivity contribution in [1.29, 1.82) is 0 Å². The van der Waals surface area contributed by atoms with E-state index in [4.69, 9.17) is 5.73 Å². The maximum absolute atomic E-state index is 5.48. The second-order valence-electron chi connectivity index (χ2n) is 3.43. The van der Waals surface area contributed by atoms with Crippen LogP contribution >= 0.6 is 0 Å². The van der Waals surface area contributed by atoms with Crippen molar-refractivity contribution in [1.82, 2.24) is 5.32 Å². The molecule has 0 rings (SSSR count). The van der Waals surface area contributed by atoms with Crippen LogP contribution in [0.5, 0.6) is 0 Å². The summed E-state index contributed by atoms with van der Waals surface area (Å²) in [5.41, 5.74) is 5.48. The minimum absolute atomic E-state index is 0.800. The Morgan fingerprint density at radius 3 is 2.77 bits per heavy atom. The molecule has 0 aromatic carbocycles. The van der Waals surface area contributed by atoms with Crippen LogP contribution < -0.4 is 11.1 Å². The van der Waals surface area contributed by atoms with Gasteiger partial charge in [-0.3, -0.25) is 0 Å². The molecule has 0 heterocycles. The molecular formula is C11H24N2. The molecule has 0 amide bonds. The van der Waals surface area contributed by atoms with E-state index in [1.165, 1.54) is 12.8 Å². The standard InChI is InChI=1S/C11H24N2/c1-3-5-9-13-10-11(4-2)7-6-8-12/h3,5,11,13H,4,6-10,12H2,1-2H3. The van der Waals surface area contributed by atoms with Gasteiger partial charge in [-0.05, 0) is 38.8 Å². The van der Waals surface area contributed by atoms with Crippen LogP contribution in [0.1, 0.15) is 33.1 Å². The van der Waals surface area contributed by atoms with Crippen molar-refractivity contribution in [3.63, 3.8) is 0 Å². The first-order chi connectivity index (χ1) is 6.35. The molecule has 0 saturated carbocycles. The fourth-order valence-corrected chi connectivity index (χ4v) is 1.35. The number of nitrogens with one attached hydrogen (secondary N) is 1. The lowest BCUT2D eigenvalue weighted by Crippen LogP contribution is -2.23. The zero-order chi connectivity index (χ0) is 9.94. The third kappa shape index (κ3) is 8.00. The molecular weight excluding hydrogens is 160 g/mol. The fourth-order valence-electron chi connectivity index (χ4n) is 1.35. The number of hydrogen-bond donors (Lipinski definition) is 2. The molecule has 0 aliphatic heterocycles. The van der Waals surface area contributed by atoms with E-state index in [9.17, 15) is 0 Å². The van der Waals surface area contributed by atoms with E-state index in [1.807, 2.05) is 6.92 Å². The first-order valence-electron chi connectivity index (χ1n) is 5.37. The van der Waals surface area contributed by atoms with E-state index in [1.54, 1.807) is 0 Å². The van der Waals surface area contributed by atoms with E-state index >= 15 is 0 Å². The summed E-state index contributed by atoms with van der Waals surface area (Å²) in [5.74, 6) is 0.800. The maximum atomic E-state index is 5.48. The summed E-state index contributed by atoms with van der Waals surface area (Å²) >= 11 is 0. The second kappa shape index (κ2) is 9.75. The number of allylic oxidation sites excluding steroid dienone is 1. The van der Waals surface area contributed by atoms with E-state index in [-0.39, 0.29) is 0 Å². The van der Waals surface area contributed by atoms with Gasteiger partial charge in [0.15, 0.2) is 0 Å². The molecule has 0 saturated heterocycles. The van der Waals surface area contributed by atoms with Crippen LogP contribution in [-0.2, 0) is 0 Å². The summed E-state index contributed by atoms with van der Waals surface area (Å²) in [6.07, 6.45) is 7.89. The summed E-state index contributed by atoms with van der Waals surface area (Å²) < 4.78 is 0. The zero-order valence-corrected chi connectivity index (χ0v) is 9.05. The average molecular weight is 184 g/mol. The Morgan fingerprint density at radius 2 is 2.23 bits per heavy atom. The fraction of sp³-hybridized carbons (Fsp3) is 0.818. The first-order valence-corrected chi connectivity index (χ1v) is 5.37. The second-order valence-corrected chi connectivity index (χ2v) is 3.43. The molecule has 0 fully saturated rings. The third-order valence-corrected chi connectivity index (χ3v) is 2.32. The Bertz CT molecular complexity index is 121. The molecule has 0 spiro atoms. The van der Waals surface area contributed by atoms with Crippen molar-refractivity contribution >= 4 is 0 Å². The van der Waals surface area contributed by atoms with E-state index in [0.29, 0.717) is 0 Å². The number of nitrogens with two attached hydrogens (primary N) is 1. The summed E-state index contributed by atoms with van der Waals surface area (Å²) in [4.78, 5) is 0. The largest absolute Gasteiger partial charge is 0.330 e. The molecule has 0 aliphatic rings. The van der Waals surface area contributed by atoms with Gasteiger partial charge >= 0.3 is 0 Å². The molecule has 0 aliphatic carbocycles. The lowest BCUT2D eigenvalue weighted by molar-refractivity contribution is 0.433. The van der Waals surface area contributed by atoms with Crippen LogP contribution in [0.4, 0.5) is 0 Å². The van der Waals surface area contributed by atoms with E-state index in [2.05, 4.69) is 24.4 Å². The van der Waals surface area contributed by atoms with Crippen molar-refractivity contribution in [2.24, 2.45) is 11.7 Å². The van der Waals surface area contributed by atoms with Gasteiger partial charge in [-0.1, -0.05) is 25.5 Å². The van der Waals surface area contributed by atoms with Gasteiger partial charge in [-0.2, -0.15) is 0 Å². The van der Waals surface area contributed by atoms with Crippen molar-refractivity contribution in [3.8, 4) is 0 Å². The van der Waals surface area contributed by atoms with Gasteiger partial charge in [0.05, 0.1) is 0 Å². The Labute approximate surface area is 82.6 Å². The quantitative estimate of drug-likeness (QED) is 0.447. The number of hydrogen-bond acceptors (Lipinski definition) is 2. The molecule has 0 radical (unpaired) electrons. The number of rotatable bonds is 8. The summed E-state index contributed by atoms with van der Waals surface area (Å²) in [6, 6.07) is 0. The average Bonchev–Trinajstić information content (AvgIpc) is 2.17. The van der Waals surface area contributed by atoms with Gasteiger partial charge in [0, 0.05) is 6.54 Å². The zero-order valence-electron chi connectivity index (χ0n) is 9.05. The van der Waals surface area contributed by atoms with Gasteiger partial charge in [-0.25, -0.2) is 0 Å². The highest BCUT2D eigenvalue weighted by molar-refractivity contribution is 4.79. The van der Waals surface area contributed by atoms with Gasteiger partial charge < -0.3 is 11.1 Å². The van der Waals surface area contributed by atoms with Crippen molar-refractivity contribution < 1.29 is 0 Å². The molecule has 2 nitrogen and oxygen atoms in total. The molecule has 78 valence electrons. The van der Waals surface area contributed by atoms with Gasteiger partial charge in [0.2, 0.25) is 0 Å². The summed E-state index contributed by atoms with van der Waals surface area (Å²) in [6.45, 7) is 7.24. The van der Waals surface area contributed by atoms with Crippen LogP contribution in [-0.4, -0.2) is 19.6 Å². The van der Waals surface area contributed by atoms with Crippen molar-refractivity contribution in [2.45, 2.75) is 33.1 Å². The molecule has 3 N–H and O–H groups in total. The van der Waals surface area contributed by atoms with E-state index < -0.39 is 0 Å². The molecule has 0 aromatic heterocycles. The molecule has 0 bridgehead atoms. The highest BCUT2D eigenvalue weighted by Crippen LogP contribution is 2.08. The van der Waals surface area contributed by atoms with Crippen LogP contribution in [0, 0.1) is 5.92 Å². The lowest BCUT2D eigenvalue weighted by atomic mass is 10.0. The summed E-state index contributed by atoms with van der Waals surface area (Å²) in [5, 5.41) is 3.42. The Hall–Kier alpha value is -0.340. The predicted octanol–water partition coefficient (Wildman–Crippen LogP) is 1.92. The minimum atomic E-state index is 0.800. The Morgan fingerprint density at radius 1 is 1.46 bits per heavy atom. The monoisotopic (exact) mass is 184 g/mol. The van der Waals surface area contributed by atoms with E-state index in [0.717, 1.165) is 32.0 Å². The Balaban J connectivity index is 3.36. The van der Waals surface area contributed by atoms with Crippen molar-refractivity contribution in [2.75, 3.05) is 19.6 Å². The molecule has 2 heteroatoms. The molecule has 1 atom stereocenters. The molecule has 1 unspecified atom stereocenters. The maximum Gasteiger partial charge on any atom is 0.0134 e. The normalized spacial score (nSPS) is 13.8. The van der Waals surface area contributed by atoms with Gasteiger partial charge in [0.25, 0.3) is 0 Å². The van der Waals surface area contributed by atoms with Crippen LogP contribution in [0.15, 0.2) is 12.2 Å².